The Hall–Kier alpha value is -1.96. The molecule has 0 spiro atoms. The van der Waals surface area contributed by atoms with Gasteiger partial charge in [-0.3, -0.25) is 0 Å². The number of rotatable bonds is 2. The normalized spacial score (nSPS) is 16.2. The highest BCUT2D eigenvalue weighted by Crippen LogP contribution is 2.39. The third-order valence-corrected chi connectivity index (χ3v) is 4.38. The summed E-state index contributed by atoms with van der Waals surface area (Å²) < 4.78 is 0. The second-order valence-corrected chi connectivity index (χ2v) is 5.77. The number of anilines is 2. The van der Waals surface area contributed by atoms with Gasteiger partial charge in [0.1, 0.15) is 0 Å². The molecule has 0 unspecified atom stereocenters. The van der Waals surface area contributed by atoms with Crippen molar-refractivity contribution < 1.29 is 0 Å². The summed E-state index contributed by atoms with van der Waals surface area (Å²) in [6.45, 7) is 0. The Kier molecular flexibility index (Phi) is 3.64. The van der Waals surface area contributed by atoms with Gasteiger partial charge in [0.15, 0.2) is 0 Å². The zero-order chi connectivity index (χ0) is 13.9. The van der Waals surface area contributed by atoms with Gasteiger partial charge in [0.2, 0.25) is 0 Å². The molecule has 1 fully saturated rings. The molecule has 1 saturated carbocycles. The molecule has 2 nitrogen and oxygen atoms in total. The minimum atomic E-state index is 0.593. The predicted molar refractivity (Wildman–Crippen MR) is 86.5 cm³/mol. The average Bonchev–Trinajstić information content (AvgIpc) is 2.51. The molecular formula is C18H22N2. The molecule has 0 atom stereocenters. The van der Waals surface area contributed by atoms with Crippen molar-refractivity contribution in [3.63, 3.8) is 0 Å². The van der Waals surface area contributed by atoms with Gasteiger partial charge in [-0.15, -0.1) is 0 Å². The highest BCUT2D eigenvalue weighted by atomic mass is 14.6. The molecular weight excluding hydrogens is 244 g/mol. The number of hydrogen-bond donors (Lipinski definition) is 2. The van der Waals surface area contributed by atoms with E-state index in [2.05, 4.69) is 24.3 Å². The quantitative estimate of drug-likeness (QED) is 0.782. The van der Waals surface area contributed by atoms with Gasteiger partial charge < -0.3 is 11.5 Å². The minimum absolute atomic E-state index is 0.593. The van der Waals surface area contributed by atoms with Crippen molar-refractivity contribution >= 4 is 11.4 Å². The SMILES string of the molecule is Nc1cc(C2CCCCC2)c(N)cc1-c1ccccc1. The third kappa shape index (κ3) is 2.51. The number of nitrogen functional groups attached to an aromatic ring is 2. The van der Waals surface area contributed by atoms with Gasteiger partial charge in [-0.25, -0.2) is 0 Å². The summed E-state index contributed by atoms with van der Waals surface area (Å²) in [4.78, 5) is 0. The van der Waals surface area contributed by atoms with Crippen LogP contribution in [0.4, 0.5) is 11.4 Å². The van der Waals surface area contributed by atoms with Crippen LogP contribution in [0.15, 0.2) is 42.5 Å². The van der Waals surface area contributed by atoms with Crippen molar-refractivity contribution in [2.24, 2.45) is 0 Å². The van der Waals surface area contributed by atoms with E-state index in [0.29, 0.717) is 5.92 Å². The monoisotopic (exact) mass is 266 g/mol. The highest BCUT2D eigenvalue weighted by molar-refractivity contribution is 5.80. The molecule has 0 saturated heterocycles. The molecule has 0 heterocycles. The molecule has 3 rings (SSSR count). The summed E-state index contributed by atoms with van der Waals surface area (Å²) in [7, 11) is 0. The van der Waals surface area contributed by atoms with E-state index >= 15 is 0 Å². The lowest BCUT2D eigenvalue weighted by atomic mass is 9.82. The van der Waals surface area contributed by atoms with Crippen LogP contribution in [0.3, 0.4) is 0 Å². The molecule has 0 amide bonds. The molecule has 20 heavy (non-hydrogen) atoms. The fourth-order valence-electron chi connectivity index (χ4n) is 3.29. The molecule has 2 heteroatoms. The summed E-state index contributed by atoms with van der Waals surface area (Å²) in [5.41, 5.74) is 17.7. The Labute approximate surface area is 120 Å². The average molecular weight is 266 g/mol. The minimum Gasteiger partial charge on any atom is -0.398 e. The van der Waals surface area contributed by atoms with Crippen LogP contribution < -0.4 is 11.5 Å². The molecule has 104 valence electrons. The second kappa shape index (κ2) is 5.58. The maximum Gasteiger partial charge on any atom is 0.0398 e. The van der Waals surface area contributed by atoms with Crippen LogP contribution in [-0.2, 0) is 0 Å². The zero-order valence-electron chi connectivity index (χ0n) is 11.8. The largest absolute Gasteiger partial charge is 0.398 e. The predicted octanol–water partition coefficient (Wildman–Crippen LogP) is 4.57. The first-order chi connectivity index (χ1) is 9.75. The molecule has 0 aliphatic heterocycles. The third-order valence-electron chi connectivity index (χ3n) is 4.38. The number of nitrogens with two attached hydrogens (primary N) is 2. The number of hydrogen-bond acceptors (Lipinski definition) is 2. The zero-order valence-corrected chi connectivity index (χ0v) is 11.8. The second-order valence-electron chi connectivity index (χ2n) is 5.77. The molecule has 1 aliphatic carbocycles. The van der Waals surface area contributed by atoms with E-state index in [4.69, 9.17) is 11.5 Å². The van der Waals surface area contributed by atoms with Gasteiger partial charge in [0.25, 0.3) is 0 Å². The smallest absolute Gasteiger partial charge is 0.0398 e. The van der Waals surface area contributed by atoms with E-state index in [1.54, 1.807) is 0 Å². The standard InChI is InChI=1S/C18H22N2/c19-17-12-16(14-9-5-2-6-10-14)18(20)11-15(17)13-7-3-1-4-8-13/h1,3-4,7-8,11-12,14H,2,5-6,9-10,19-20H2. The van der Waals surface area contributed by atoms with E-state index in [0.717, 1.165) is 22.5 Å². The lowest BCUT2D eigenvalue weighted by Gasteiger charge is -2.24. The van der Waals surface area contributed by atoms with E-state index < -0.39 is 0 Å². The lowest BCUT2D eigenvalue weighted by molar-refractivity contribution is 0.444. The Balaban J connectivity index is 1.98. The first kappa shape index (κ1) is 13.0. The van der Waals surface area contributed by atoms with Crippen LogP contribution in [0.1, 0.15) is 43.6 Å². The number of benzene rings is 2. The molecule has 2 aromatic carbocycles. The molecule has 0 bridgehead atoms. The maximum atomic E-state index is 6.30. The topological polar surface area (TPSA) is 52.0 Å². The van der Waals surface area contributed by atoms with Crippen molar-refractivity contribution in [3.05, 3.63) is 48.0 Å². The molecule has 0 aromatic heterocycles. The molecule has 0 radical (unpaired) electrons. The summed E-state index contributed by atoms with van der Waals surface area (Å²) in [5.74, 6) is 0.593. The van der Waals surface area contributed by atoms with Gasteiger partial charge in [-0.2, -0.15) is 0 Å². The van der Waals surface area contributed by atoms with Crippen molar-refractivity contribution in [1.29, 1.82) is 0 Å². The van der Waals surface area contributed by atoms with Crippen molar-refractivity contribution in [2.45, 2.75) is 38.0 Å². The van der Waals surface area contributed by atoms with Gasteiger partial charge in [0, 0.05) is 16.9 Å². The Morgan fingerprint density at radius 3 is 2.20 bits per heavy atom. The van der Waals surface area contributed by atoms with E-state index in [1.165, 1.54) is 37.7 Å². The summed E-state index contributed by atoms with van der Waals surface area (Å²) >= 11 is 0. The van der Waals surface area contributed by atoms with Crippen LogP contribution in [0.2, 0.25) is 0 Å². The summed E-state index contributed by atoms with van der Waals surface area (Å²) in [6.07, 6.45) is 6.46. The van der Waals surface area contributed by atoms with Crippen LogP contribution in [0.5, 0.6) is 0 Å². The Morgan fingerprint density at radius 2 is 1.50 bits per heavy atom. The van der Waals surface area contributed by atoms with Gasteiger partial charge in [-0.1, -0.05) is 49.6 Å². The summed E-state index contributed by atoms with van der Waals surface area (Å²) in [5, 5.41) is 0. The first-order valence-electron chi connectivity index (χ1n) is 7.50. The molecule has 2 aromatic rings. The van der Waals surface area contributed by atoms with E-state index in [-0.39, 0.29) is 0 Å². The lowest BCUT2D eigenvalue weighted by Crippen LogP contribution is -2.08. The van der Waals surface area contributed by atoms with Gasteiger partial charge in [-0.05, 0) is 42.0 Å². The van der Waals surface area contributed by atoms with Crippen LogP contribution >= 0.6 is 0 Å². The fraction of sp³-hybridized carbons (Fsp3) is 0.333. The van der Waals surface area contributed by atoms with E-state index in [1.807, 2.05) is 18.2 Å². The fourth-order valence-corrected chi connectivity index (χ4v) is 3.29. The van der Waals surface area contributed by atoms with Crippen molar-refractivity contribution in [3.8, 4) is 11.1 Å². The van der Waals surface area contributed by atoms with Crippen molar-refractivity contribution in [1.82, 2.24) is 0 Å². The van der Waals surface area contributed by atoms with Gasteiger partial charge in [0.05, 0.1) is 0 Å². The van der Waals surface area contributed by atoms with Crippen LogP contribution in [0.25, 0.3) is 11.1 Å². The maximum absolute atomic E-state index is 6.30. The van der Waals surface area contributed by atoms with Crippen LogP contribution in [0, 0.1) is 0 Å². The Bertz CT molecular complexity index is 584. The first-order valence-corrected chi connectivity index (χ1v) is 7.50. The summed E-state index contributed by atoms with van der Waals surface area (Å²) in [6, 6.07) is 14.4. The van der Waals surface area contributed by atoms with E-state index in [9.17, 15) is 0 Å². The Morgan fingerprint density at radius 1 is 0.800 bits per heavy atom. The van der Waals surface area contributed by atoms with Crippen LogP contribution in [-0.4, -0.2) is 0 Å². The van der Waals surface area contributed by atoms with Crippen molar-refractivity contribution in [2.75, 3.05) is 11.5 Å². The highest BCUT2D eigenvalue weighted by Gasteiger charge is 2.19. The molecule has 1 aliphatic rings. The van der Waals surface area contributed by atoms with Gasteiger partial charge >= 0.3 is 0 Å². The molecule has 4 N–H and O–H groups in total.